The lowest BCUT2D eigenvalue weighted by Crippen LogP contribution is -2.06. The van der Waals surface area contributed by atoms with E-state index in [2.05, 4.69) is 31.1 Å². The van der Waals surface area contributed by atoms with E-state index in [1.807, 2.05) is 67.6 Å². The zero-order valence-corrected chi connectivity index (χ0v) is 22.4. The number of thioether (sulfide) groups is 1. The van der Waals surface area contributed by atoms with Crippen molar-refractivity contribution in [2.24, 2.45) is 11.1 Å². The van der Waals surface area contributed by atoms with E-state index in [4.69, 9.17) is 9.25 Å². The van der Waals surface area contributed by atoms with Gasteiger partial charge in [0.05, 0.1) is 5.71 Å². The highest BCUT2D eigenvalue weighted by molar-refractivity contribution is 7.98. The maximum absolute atomic E-state index is 13.0. The van der Waals surface area contributed by atoms with Gasteiger partial charge in [-0.25, -0.2) is 4.79 Å². The summed E-state index contributed by atoms with van der Waals surface area (Å²) in [6, 6.07) is 23.5. The molecule has 0 spiro atoms. The number of hydrogen-bond donors (Lipinski definition) is 0. The molecule has 0 unspecified atom stereocenters. The summed E-state index contributed by atoms with van der Waals surface area (Å²) in [6.07, 6.45) is 1.71. The molecule has 4 rings (SSSR count). The van der Waals surface area contributed by atoms with E-state index in [-0.39, 0.29) is 5.78 Å². The number of oxime groups is 1. The number of rotatable bonds is 10. The molecule has 190 valence electrons. The minimum atomic E-state index is -0.421. The molecule has 0 fully saturated rings. The smallest absolute Gasteiger partial charge is 0.331 e. The first kappa shape index (κ1) is 26.4. The highest BCUT2D eigenvalue weighted by atomic mass is 32.2. The van der Waals surface area contributed by atoms with Crippen LogP contribution in [-0.4, -0.2) is 17.5 Å². The second-order valence-corrected chi connectivity index (χ2v) is 10.5. The molecular weight excluding hydrogens is 482 g/mol. The minimum absolute atomic E-state index is 0.107. The molecule has 0 saturated carbocycles. The third-order valence-electron chi connectivity index (χ3n) is 6.10. The van der Waals surface area contributed by atoms with Crippen LogP contribution in [0.1, 0.15) is 66.4 Å². The Morgan fingerprint density at radius 3 is 2.27 bits per heavy atom. The predicted octanol–water partition coefficient (Wildman–Crippen LogP) is 7.97. The standard InChI is InChI=1S/C31H31NO4S/c1-20(2)9-18-28(32-36-22(4)33)24-12-10-23(11-13-24)19-37-26-16-14-25(15-17-26)30(34)31-21(3)27-7-5-6-8-29(27)35-31/h5-8,10-17,20H,9,18-19H2,1-4H3. The van der Waals surface area contributed by atoms with Crippen molar-refractivity contribution in [3.8, 4) is 0 Å². The average Bonchev–Trinajstić information content (AvgIpc) is 3.24. The Hall–Kier alpha value is -3.64. The van der Waals surface area contributed by atoms with Gasteiger partial charge >= 0.3 is 5.97 Å². The Kier molecular flexibility index (Phi) is 8.62. The van der Waals surface area contributed by atoms with E-state index in [1.54, 1.807) is 11.8 Å². The molecule has 1 aromatic heterocycles. The monoisotopic (exact) mass is 513 g/mol. The van der Waals surface area contributed by atoms with E-state index in [0.717, 1.165) is 51.3 Å². The Bertz CT molecular complexity index is 1420. The van der Waals surface area contributed by atoms with Crippen LogP contribution >= 0.6 is 11.8 Å². The SMILES string of the molecule is CC(=O)ON=C(CCC(C)C)c1ccc(CSc2ccc(C(=O)c3oc4ccccc4c3C)cc2)cc1. The number of nitrogens with zero attached hydrogens (tertiary/aromatic N) is 1. The van der Waals surface area contributed by atoms with Gasteiger partial charge in [0.2, 0.25) is 5.78 Å². The van der Waals surface area contributed by atoms with Crippen LogP contribution in [0, 0.1) is 12.8 Å². The van der Waals surface area contributed by atoms with Crippen LogP contribution in [0.3, 0.4) is 0 Å². The molecule has 0 radical (unpaired) electrons. The van der Waals surface area contributed by atoms with Gasteiger partial charge in [-0.2, -0.15) is 0 Å². The summed E-state index contributed by atoms with van der Waals surface area (Å²) in [5.74, 6) is 1.19. The van der Waals surface area contributed by atoms with E-state index < -0.39 is 5.97 Å². The van der Waals surface area contributed by atoms with Crippen LogP contribution in [-0.2, 0) is 15.4 Å². The molecule has 6 heteroatoms. The van der Waals surface area contributed by atoms with Crippen molar-refractivity contribution in [2.75, 3.05) is 0 Å². The van der Waals surface area contributed by atoms with Crippen molar-refractivity contribution < 1.29 is 18.8 Å². The number of benzene rings is 3. The molecule has 4 aromatic rings. The second kappa shape index (κ2) is 12.1. The number of carbonyl (C=O) groups excluding carboxylic acids is 2. The first-order valence-electron chi connectivity index (χ1n) is 12.4. The van der Waals surface area contributed by atoms with Crippen molar-refractivity contribution in [3.05, 3.63) is 101 Å². The molecular formula is C31H31NO4S. The summed E-state index contributed by atoms with van der Waals surface area (Å²) in [5, 5.41) is 5.04. The molecule has 0 bridgehead atoms. The highest BCUT2D eigenvalue weighted by Crippen LogP contribution is 2.28. The molecule has 1 heterocycles. The van der Waals surface area contributed by atoms with Gasteiger partial charge in [0, 0.05) is 34.1 Å². The maximum atomic E-state index is 13.0. The first-order chi connectivity index (χ1) is 17.8. The third-order valence-corrected chi connectivity index (χ3v) is 7.19. The quantitative estimate of drug-likeness (QED) is 0.0707. The largest absolute Gasteiger partial charge is 0.452 e. The summed E-state index contributed by atoms with van der Waals surface area (Å²) in [6.45, 7) is 7.59. The summed E-state index contributed by atoms with van der Waals surface area (Å²) in [5.41, 5.74) is 5.11. The van der Waals surface area contributed by atoms with Crippen LogP contribution in [0.15, 0.2) is 87.3 Å². The Morgan fingerprint density at radius 2 is 1.62 bits per heavy atom. The average molecular weight is 514 g/mol. The molecule has 37 heavy (non-hydrogen) atoms. The van der Waals surface area contributed by atoms with Crippen LogP contribution < -0.4 is 0 Å². The second-order valence-electron chi connectivity index (χ2n) is 9.44. The summed E-state index contributed by atoms with van der Waals surface area (Å²) < 4.78 is 5.84. The summed E-state index contributed by atoms with van der Waals surface area (Å²) >= 11 is 1.70. The molecule has 5 nitrogen and oxygen atoms in total. The molecule has 0 N–H and O–H groups in total. The van der Waals surface area contributed by atoms with Crippen LogP contribution in [0.5, 0.6) is 0 Å². The number of fused-ring (bicyclic) bond motifs is 1. The number of furan rings is 1. The maximum Gasteiger partial charge on any atom is 0.331 e. The van der Waals surface area contributed by atoms with Gasteiger partial charge < -0.3 is 9.25 Å². The zero-order chi connectivity index (χ0) is 26.4. The van der Waals surface area contributed by atoms with Gasteiger partial charge in [0.15, 0.2) is 5.76 Å². The Balaban J connectivity index is 1.39. The molecule has 0 saturated heterocycles. The molecule has 0 aliphatic rings. The number of carbonyl (C=O) groups is 2. The van der Waals surface area contributed by atoms with E-state index in [1.165, 1.54) is 12.5 Å². The van der Waals surface area contributed by atoms with Crippen LogP contribution in [0.2, 0.25) is 0 Å². The van der Waals surface area contributed by atoms with Crippen molar-refractivity contribution >= 4 is 40.2 Å². The summed E-state index contributed by atoms with van der Waals surface area (Å²) in [4.78, 5) is 30.3. The topological polar surface area (TPSA) is 68.9 Å². The Morgan fingerprint density at radius 1 is 0.946 bits per heavy atom. The lowest BCUT2D eigenvalue weighted by atomic mass is 10.00. The fourth-order valence-electron chi connectivity index (χ4n) is 3.97. The highest BCUT2D eigenvalue weighted by Gasteiger charge is 2.19. The van der Waals surface area contributed by atoms with E-state index in [9.17, 15) is 9.59 Å². The fourth-order valence-corrected chi connectivity index (χ4v) is 4.83. The lowest BCUT2D eigenvalue weighted by molar-refractivity contribution is -0.140. The van der Waals surface area contributed by atoms with Crippen molar-refractivity contribution in [3.63, 3.8) is 0 Å². The minimum Gasteiger partial charge on any atom is -0.452 e. The molecule has 3 aromatic carbocycles. The van der Waals surface area contributed by atoms with Crippen molar-refractivity contribution in [1.82, 2.24) is 0 Å². The van der Waals surface area contributed by atoms with E-state index in [0.29, 0.717) is 17.2 Å². The van der Waals surface area contributed by atoms with Gasteiger partial charge in [-0.15, -0.1) is 11.8 Å². The number of para-hydroxylation sites is 1. The van der Waals surface area contributed by atoms with E-state index >= 15 is 0 Å². The molecule has 0 amide bonds. The van der Waals surface area contributed by atoms with Crippen molar-refractivity contribution in [1.29, 1.82) is 0 Å². The normalized spacial score (nSPS) is 11.8. The van der Waals surface area contributed by atoms with Crippen molar-refractivity contribution in [2.45, 2.75) is 51.2 Å². The third kappa shape index (κ3) is 6.77. The van der Waals surface area contributed by atoms with Gasteiger partial charge in [-0.1, -0.05) is 61.5 Å². The molecule has 0 atom stereocenters. The van der Waals surface area contributed by atoms with Gasteiger partial charge in [0.25, 0.3) is 0 Å². The molecule has 0 aliphatic carbocycles. The first-order valence-corrected chi connectivity index (χ1v) is 13.4. The van der Waals surface area contributed by atoms with Gasteiger partial charge in [-0.3, -0.25) is 4.79 Å². The predicted molar refractivity (Wildman–Crippen MR) is 149 cm³/mol. The summed E-state index contributed by atoms with van der Waals surface area (Å²) in [7, 11) is 0. The zero-order valence-electron chi connectivity index (χ0n) is 21.6. The number of hydrogen-bond acceptors (Lipinski definition) is 6. The van der Waals surface area contributed by atoms with Gasteiger partial charge in [-0.05, 0) is 67.1 Å². The number of ketones is 1. The fraction of sp³-hybridized carbons (Fsp3) is 0.258. The van der Waals surface area contributed by atoms with Gasteiger partial charge in [0.1, 0.15) is 5.58 Å². The lowest BCUT2D eigenvalue weighted by Gasteiger charge is -2.09. The number of aryl methyl sites for hydroxylation is 1. The van der Waals surface area contributed by atoms with Crippen LogP contribution in [0.4, 0.5) is 0 Å². The molecule has 0 aliphatic heterocycles. The Labute approximate surface area is 221 Å². The van der Waals surface area contributed by atoms with Crippen LogP contribution in [0.25, 0.3) is 11.0 Å².